The van der Waals surface area contributed by atoms with Gasteiger partial charge in [-0.3, -0.25) is 9.59 Å². The maximum atomic E-state index is 12.1. The third kappa shape index (κ3) is 3.87. The number of nitrogens with two attached hydrogens (primary N) is 1. The number of methoxy groups -OCH3 is 1. The fraction of sp³-hybridized carbons (Fsp3) is 0.467. The van der Waals surface area contributed by atoms with Crippen molar-refractivity contribution in [1.29, 1.82) is 0 Å². The van der Waals surface area contributed by atoms with Gasteiger partial charge in [0.15, 0.2) is 6.61 Å². The van der Waals surface area contributed by atoms with E-state index in [2.05, 4.69) is 0 Å². The van der Waals surface area contributed by atoms with Crippen LogP contribution in [-0.4, -0.2) is 43.5 Å². The maximum absolute atomic E-state index is 12.1. The van der Waals surface area contributed by atoms with Gasteiger partial charge >= 0.3 is 0 Å². The molecule has 6 nitrogen and oxygen atoms in total. The minimum Gasteiger partial charge on any atom is -0.497 e. The predicted molar refractivity (Wildman–Crippen MR) is 77.4 cm³/mol. The van der Waals surface area contributed by atoms with Crippen LogP contribution in [-0.2, 0) is 4.79 Å². The van der Waals surface area contributed by atoms with Gasteiger partial charge in [-0.15, -0.1) is 0 Å². The average Bonchev–Trinajstić information content (AvgIpc) is 2.52. The highest BCUT2D eigenvalue weighted by atomic mass is 16.5. The lowest BCUT2D eigenvalue weighted by Gasteiger charge is -2.26. The van der Waals surface area contributed by atoms with E-state index in [9.17, 15) is 9.59 Å². The summed E-state index contributed by atoms with van der Waals surface area (Å²) in [6.07, 6.45) is 3.21. The van der Waals surface area contributed by atoms with Crippen LogP contribution in [0.1, 0.15) is 29.6 Å². The molecule has 1 aromatic rings. The summed E-state index contributed by atoms with van der Waals surface area (Å²) in [5.74, 6) is 0.138. The lowest BCUT2D eigenvalue weighted by molar-refractivity contribution is -0.134. The van der Waals surface area contributed by atoms with Gasteiger partial charge in [0.05, 0.1) is 12.7 Å². The lowest BCUT2D eigenvalue weighted by Crippen LogP contribution is -2.38. The van der Waals surface area contributed by atoms with E-state index in [1.165, 1.54) is 13.2 Å². The molecular weight excluding hydrogens is 272 g/mol. The molecule has 6 heteroatoms. The number of carbonyl (C=O) groups is 2. The van der Waals surface area contributed by atoms with Crippen molar-refractivity contribution in [3.63, 3.8) is 0 Å². The van der Waals surface area contributed by atoms with Gasteiger partial charge in [0, 0.05) is 19.2 Å². The zero-order chi connectivity index (χ0) is 15.2. The number of nitrogens with zero attached hydrogens (tertiary/aromatic N) is 1. The van der Waals surface area contributed by atoms with Gasteiger partial charge in [-0.05, 0) is 31.4 Å². The molecule has 1 aromatic carbocycles. The van der Waals surface area contributed by atoms with Gasteiger partial charge in [0.25, 0.3) is 11.8 Å². The summed E-state index contributed by atoms with van der Waals surface area (Å²) in [4.78, 5) is 25.2. The van der Waals surface area contributed by atoms with Gasteiger partial charge in [0.2, 0.25) is 0 Å². The summed E-state index contributed by atoms with van der Waals surface area (Å²) in [6.45, 7) is 1.43. The first-order valence-corrected chi connectivity index (χ1v) is 7.00. The van der Waals surface area contributed by atoms with Gasteiger partial charge in [-0.2, -0.15) is 0 Å². The molecule has 2 N–H and O–H groups in total. The molecule has 1 aliphatic rings. The Balaban J connectivity index is 2.04. The molecule has 0 radical (unpaired) electrons. The Bertz CT molecular complexity index is 524. The van der Waals surface area contributed by atoms with Crippen molar-refractivity contribution in [2.24, 2.45) is 5.73 Å². The summed E-state index contributed by atoms with van der Waals surface area (Å²) in [5.41, 5.74) is 5.54. The standard InChI is InChI=1S/C15H20N2O4/c1-20-11-5-6-12(15(16)19)13(9-11)21-10-14(18)17-7-3-2-4-8-17/h5-6,9H,2-4,7-8,10H2,1H3,(H2,16,19). The Morgan fingerprint density at radius 3 is 2.57 bits per heavy atom. The molecule has 1 aliphatic heterocycles. The Morgan fingerprint density at radius 1 is 1.24 bits per heavy atom. The van der Waals surface area contributed by atoms with Crippen molar-refractivity contribution in [3.8, 4) is 11.5 Å². The molecule has 2 rings (SSSR count). The van der Waals surface area contributed by atoms with Gasteiger partial charge in [-0.1, -0.05) is 0 Å². The molecule has 0 aliphatic carbocycles. The SMILES string of the molecule is COc1ccc(C(N)=O)c(OCC(=O)N2CCCCC2)c1. The van der Waals surface area contributed by atoms with Crippen LogP contribution in [0.3, 0.4) is 0 Å². The fourth-order valence-corrected chi connectivity index (χ4v) is 2.33. The van der Waals surface area contributed by atoms with Crippen molar-refractivity contribution >= 4 is 11.8 Å². The van der Waals surface area contributed by atoms with Crippen LogP contribution in [0.5, 0.6) is 11.5 Å². The molecule has 2 amide bonds. The van der Waals surface area contributed by atoms with Crippen molar-refractivity contribution in [1.82, 2.24) is 4.90 Å². The van der Waals surface area contributed by atoms with E-state index in [4.69, 9.17) is 15.2 Å². The van der Waals surface area contributed by atoms with Crippen LogP contribution in [0.25, 0.3) is 0 Å². The monoisotopic (exact) mass is 292 g/mol. The highest BCUT2D eigenvalue weighted by Crippen LogP contribution is 2.24. The molecule has 21 heavy (non-hydrogen) atoms. The van der Waals surface area contributed by atoms with Crippen LogP contribution in [0.2, 0.25) is 0 Å². The van der Waals surface area contributed by atoms with Crippen LogP contribution in [0, 0.1) is 0 Å². The van der Waals surface area contributed by atoms with Gasteiger partial charge < -0.3 is 20.1 Å². The number of rotatable bonds is 5. The van der Waals surface area contributed by atoms with Crippen LogP contribution in [0.4, 0.5) is 0 Å². The van der Waals surface area contributed by atoms with E-state index in [-0.39, 0.29) is 23.8 Å². The van der Waals surface area contributed by atoms with E-state index < -0.39 is 5.91 Å². The van der Waals surface area contributed by atoms with Crippen LogP contribution < -0.4 is 15.2 Å². The van der Waals surface area contributed by atoms with Crippen molar-refractivity contribution < 1.29 is 19.1 Å². The first-order chi connectivity index (χ1) is 10.1. The molecule has 1 heterocycles. The zero-order valence-corrected chi connectivity index (χ0v) is 12.1. The summed E-state index contributed by atoms with van der Waals surface area (Å²) in [5, 5.41) is 0. The Kier molecular flexibility index (Phi) is 5.03. The second-order valence-electron chi connectivity index (χ2n) is 4.96. The highest BCUT2D eigenvalue weighted by molar-refractivity contribution is 5.96. The van der Waals surface area contributed by atoms with E-state index in [1.807, 2.05) is 0 Å². The summed E-state index contributed by atoms with van der Waals surface area (Å²) < 4.78 is 10.6. The Hall–Kier alpha value is -2.24. The third-order valence-electron chi connectivity index (χ3n) is 3.51. The summed E-state index contributed by atoms with van der Waals surface area (Å²) >= 11 is 0. The van der Waals surface area contributed by atoms with E-state index in [0.717, 1.165) is 32.4 Å². The number of hydrogen-bond donors (Lipinski definition) is 1. The predicted octanol–water partition coefficient (Wildman–Crippen LogP) is 1.19. The number of hydrogen-bond acceptors (Lipinski definition) is 4. The smallest absolute Gasteiger partial charge is 0.260 e. The number of ether oxygens (including phenoxy) is 2. The Morgan fingerprint density at radius 2 is 1.95 bits per heavy atom. The molecule has 114 valence electrons. The molecule has 0 atom stereocenters. The minimum atomic E-state index is -0.599. The molecule has 1 fully saturated rings. The molecular formula is C15H20N2O4. The second kappa shape index (κ2) is 6.97. The molecule has 0 unspecified atom stereocenters. The number of likely N-dealkylation sites (tertiary alicyclic amines) is 1. The van der Waals surface area contributed by atoms with E-state index in [0.29, 0.717) is 5.75 Å². The molecule has 0 aromatic heterocycles. The van der Waals surface area contributed by atoms with E-state index in [1.54, 1.807) is 17.0 Å². The molecule has 0 spiro atoms. The minimum absolute atomic E-state index is 0.0760. The van der Waals surface area contributed by atoms with Crippen molar-refractivity contribution in [2.45, 2.75) is 19.3 Å². The third-order valence-corrected chi connectivity index (χ3v) is 3.51. The Labute approximate surface area is 123 Å². The van der Waals surface area contributed by atoms with Crippen LogP contribution >= 0.6 is 0 Å². The topological polar surface area (TPSA) is 81.9 Å². The number of primary amides is 1. The average molecular weight is 292 g/mol. The first kappa shape index (κ1) is 15.2. The number of benzene rings is 1. The molecule has 0 saturated carbocycles. The second-order valence-corrected chi connectivity index (χ2v) is 4.96. The fourth-order valence-electron chi connectivity index (χ4n) is 2.33. The van der Waals surface area contributed by atoms with Crippen LogP contribution in [0.15, 0.2) is 18.2 Å². The molecule has 1 saturated heterocycles. The normalized spacial score (nSPS) is 14.6. The molecule has 0 bridgehead atoms. The number of piperidine rings is 1. The van der Waals surface area contributed by atoms with Crippen molar-refractivity contribution in [2.75, 3.05) is 26.8 Å². The van der Waals surface area contributed by atoms with Gasteiger partial charge in [0.1, 0.15) is 11.5 Å². The van der Waals surface area contributed by atoms with E-state index >= 15 is 0 Å². The lowest BCUT2D eigenvalue weighted by atomic mass is 10.1. The first-order valence-electron chi connectivity index (χ1n) is 7.00. The number of amides is 2. The number of carbonyl (C=O) groups excluding carboxylic acids is 2. The highest BCUT2D eigenvalue weighted by Gasteiger charge is 2.18. The largest absolute Gasteiger partial charge is 0.497 e. The quantitative estimate of drug-likeness (QED) is 0.883. The zero-order valence-electron chi connectivity index (χ0n) is 12.1. The van der Waals surface area contributed by atoms with Gasteiger partial charge in [-0.25, -0.2) is 0 Å². The summed E-state index contributed by atoms with van der Waals surface area (Å²) in [6, 6.07) is 4.71. The summed E-state index contributed by atoms with van der Waals surface area (Å²) in [7, 11) is 1.52. The van der Waals surface area contributed by atoms with Crippen molar-refractivity contribution in [3.05, 3.63) is 23.8 Å². The maximum Gasteiger partial charge on any atom is 0.260 e.